The van der Waals surface area contributed by atoms with E-state index in [0.29, 0.717) is 11.8 Å². The molecule has 3 aromatic carbocycles. The van der Waals surface area contributed by atoms with Crippen LogP contribution in [0.1, 0.15) is 56.1 Å². The van der Waals surface area contributed by atoms with Crippen molar-refractivity contribution < 1.29 is 9.13 Å². The highest BCUT2D eigenvalue weighted by molar-refractivity contribution is 5.73. The van der Waals surface area contributed by atoms with E-state index >= 15 is 4.39 Å². The van der Waals surface area contributed by atoms with Gasteiger partial charge in [0.05, 0.1) is 7.11 Å². The van der Waals surface area contributed by atoms with Crippen LogP contribution in [-0.2, 0) is 6.42 Å². The first-order valence-electron chi connectivity index (χ1n) is 11.8. The average molecular weight is 429 g/mol. The summed E-state index contributed by atoms with van der Waals surface area (Å²) in [7, 11) is 1.70. The zero-order chi connectivity index (χ0) is 22.5. The van der Waals surface area contributed by atoms with Crippen molar-refractivity contribution in [3.63, 3.8) is 0 Å². The molecule has 0 bridgehead atoms. The van der Waals surface area contributed by atoms with E-state index in [2.05, 4.69) is 62.0 Å². The number of allylic oxidation sites excluding steroid dienone is 1. The number of benzene rings is 3. The third kappa shape index (κ3) is 4.80. The van der Waals surface area contributed by atoms with Crippen molar-refractivity contribution in [2.45, 2.75) is 51.4 Å². The zero-order valence-electron chi connectivity index (χ0n) is 19.2. The number of hydrogen-bond donors (Lipinski definition) is 0. The highest BCUT2D eigenvalue weighted by atomic mass is 19.1. The van der Waals surface area contributed by atoms with Crippen LogP contribution in [0.4, 0.5) is 4.39 Å². The first-order chi connectivity index (χ1) is 15.6. The molecular weight excluding hydrogens is 395 g/mol. The smallest absolute Gasteiger partial charge is 0.127 e. The quantitative estimate of drug-likeness (QED) is 0.342. The van der Waals surface area contributed by atoms with Gasteiger partial charge in [-0.15, -0.1) is 6.58 Å². The molecule has 0 saturated heterocycles. The van der Waals surface area contributed by atoms with Crippen LogP contribution in [0, 0.1) is 11.7 Å². The molecule has 2 heteroatoms. The Balaban J connectivity index is 1.55. The Morgan fingerprint density at radius 1 is 0.906 bits per heavy atom. The van der Waals surface area contributed by atoms with E-state index in [-0.39, 0.29) is 5.82 Å². The zero-order valence-corrected chi connectivity index (χ0v) is 19.2. The maximum Gasteiger partial charge on any atom is 0.127 e. The molecule has 0 N–H and O–H groups in total. The van der Waals surface area contributed by atoms with E-state index in [1.807, 2.05) is 12.1 Å². The largest absolute Gasteiger partial charge is 0.497 e. The molecule has 1 saturated carbocycles. The van der Waals surface area contributed by atoms with Gasteiger partial charge < -0.3 is 4.74 Å². The van der Waals surface area contributed by atoms with Crippen molar-refractivity contribution in [3.8, 4) is 28.0 Å². The van der Waals surface area contributed by atoms with Crippen molar-refractivity contribution in [2.75, 3.05) is 7.11 Å². The molecule has 0 heterocycles. The molecule has 166 valence electrons. The highest BCUT2D eigenvalue weighted by Gasteiger charge is 2.23. The second-order valence-corrected chi connectivity index (χ2v) is 8.93. The Kier molecular flexibility index (Phi) is 7.09. The highest BCUT2D eigenvalue weighted by Crippen LogP contribution is 2.38. The summed E-state index contributed by atoms with van der Waals surface area (Å²) in [5.41, 5.74) is 6.55. The van der Waals surface area contributed by atoms with Crippen LogP contribution < -0.4 is 4.74 Å². The minimum atomic E-state index is -0.0750. The molecule has 4 rings (SSSR count). The van der Waals surface area contributed by atoms with Gasteiger partial charge in [0.25, 0.3) is 0 Å². The molecule has 0 unspecified atom stereocenters. The van der Waals surface area contributed by atoms with Crippen LogP contribution in [-0.4, -0.2) is 7.11 Å². The molecule has 32 heavy (non-hydrogen) atoms. The van der Waals surface area contributed by atoms with E-state index in [1.165, 1.54) is 16.7 Å². The van der Waals surface area contributed by atoms with Gasteiger partial charge in [0, 0.05) is 0 Å². The number of ether oxygens (including phenoxy) is 1. The Morgan fingerprint density at radius 3 is 2.22 bits per heavy atom. The molecule has 0 atom stereocenters. The monoisotopic (exact) mass is 428 g/mol. The van der Waals surface area contributed by atoms with Crippen molar-refractivity contribution in [1.29, 1.82) is 0 Å². The van der Waals surface area contributed by atoms with E-state index in [4.69, 9.17) is 4.74 Å². The molecule has 0 spiro atoms. The predicted octanol–water partition coefficient (Wildman–Crippen LogP) is 8.58. The summed E-state index contributed by atoms with van der Waals surface area (Å²) < 4.78 is 20.4. The minimum Gasteiger partial charge on any atom is -0.497 e. The lowest BCUT2D eigenvalue weighted by molar-refractivity contribution is 0.369. The third-order valence-electron chi connectivity index (χ3n) is 6.91. The number of hydrogen-bond acceptors (Lipinski definition) is 1. The fraction of sp³-hybridized carbons (Fsp3) is 0.333. The number of methoxy groups -OCH3 is 1. The Hall–Kier alpha value is -2.87. The van der Waals surface area contributed by atoms with Gasteiger partial charge in [-0.2, -0.15) is 0 Å². The maximum absolute atomic E-state index is 15.0. The first kappa shape index (κ1) is 22.3. The van der Waals surface area contributed by atoms with E-state index in [9.17, 15) is 0 Å². The van der Waals surface area contributed by atoms with Gasteiger partial charge >= 0.3 is 0 Å². The standard InChI is InChI=1S/C30H33FO/c1-4-6-26-19-27(32-3)16-18-28(26)23-13-11-22(12-14-23)25-15-17-29(30(31)20-25)24-9-7-21(5-2)8-10-24/h5,11-21,24H,2,4,6-10H2,1,3H3/t21-,24-. The van der Waals surface area contributed by atoms with Crippen LogP contribution >= 0.6 is 0 Å². The van der Waals surface area contributed by atoms with Gasteiger partial charge in [-0.25, -0.2) is 4.39 Å². The summed E-state index contributed by atoms with van der Waals surface area (Å²) in [4.78, 5) is 0. The van der Waals surface area contributed by atoms with Crippen molar-refractivity contribution in [2.24, 2.45) is 5.92 Å². The second kappa shape index (κ2) is 10.2. The van der Waals surface area contributed by atoms with E-state index in [0.717, 1.165) is 61.0 Å². The van der Waals surface area contributed by atoms with Gasteiger partial charge in [0.15, 0.2) is 0 Å². The molecule has 1 aliphatic carbocycles. The molecule has 0 aliphatic heterocycles. The fourth-order valence-corrected chi connectivity index (χ4v) is 5.00. The minimum absolute atomic E-state index is 0.0750. The molecule has 0 amide bonds. The molecule has 0 aromatic heterocycles. The summed E-state index contributed by atoms with van der Waals surface area (Å²) >= 11 is 0. The van der Waals surface area contributed by atoms with Gasteiger partial charge in [-0.1, -0.05) is 61.9 Å². The number of aryl methyl sites for hydroxylation is 1. The molecule has 1 nitrogen and oxygen atoms in total. The van der Waals surface area contributed by atoms with Crippen molar-refractivity contribution in [1.82, 2.24) is 0 Å². The van der Waals surface area contributed by atoms with Gasteiger partial charge in [-0.05, 0) is 95.5 Å². The van der Waals surface area contributed by atoms with Gasteiger partial charge in [0.2, 0.25) is 0 Å². The normalized spacial score (nSPS) is 18.3. The Morgan fingerprint density at radius 2 is 1.59 bits per heavy atom. The van der Waals surface area contributed by atoms with Crippen molar-refractivity contribution >= 4 is 0 Å². The maximum atomic E-state index is 15.0. The molecule has 1 fully saturated rings. The lowest BCUT2D eigenvalue weighted by Gasteiger charge is -2.27. The van der Waals surface area contributed by atoms with Crippen LogP contribution in [0.25, 0.3) is 22.3 Å². The van der Waals surface area contributed by atoms with Crippen LogP contribution in [0.2, 0.25) is 0 Å². The Bertz CT molecular complexity index is 1060. The summed E-state index contributed by atoms with van der Waals surface area (Å²) in [6, 6.07) is 20.5. The number of rotatable bonds is 7. The predicted molar refractivity (Wildman–Crippen MR) is 133 cm³/mol. The molecule has 1 aliphatic rings. The van der Waals surface area contributed by atoms with Crippen LogP contribution in [0.5, 0.6) is 5.75 Å². The topological polar surface area (TPSA) is 9.23 Å². The second-order valence-electron chi connectivity index (χ2n) is 8.93. The third-order valence-corrected chi connectivity index (χ3v) is 6.91. The summed E-state index contributed by atoms with van der Waals surface area (Å²) in [5, 5.41) is 0. The number of halogens is 1. The van der Waals surface area contributed by atoms with E-state index < -0.39 is 0 Å². The van der Waals surface area contributed by atoms with Crippen molar-refractivity contribution in [3.05, 3.63) is 90.3 Å². The SMILES string of the molecule is C=C[C@H]1CC[C@H](c2ccc(-c3ccc(-c4ccc(OC)cc4CCC)cc3)cc2F)CC1. The fourth-order valence-electron chi connectivity index (χ4n) is 5.00. The summed E-state index contributed by atoms with van der Waals surface area (Å²) in [6.07, 6.45) is 8.46. The lowest BCUT2D eigenvalue weighted by Crippen LogP contribution is -2.12. The average Bonchev–Trinajstić information content (AvgIpc) is 2.84. The molecule has 0 radical (unpaired) electrons. The van der Waals surface area contributed by atoms with Crippen LogP contribution in [0.15, 0.2) is 73.3 Å². The summed E-state index contributed by atoms with van der Waals surface area (Å²) in [6.45, 7) is 6.10. The van der Waals surface area contributed by atoms with Gasteiger partial charge in [-0.3, -0.25) is 0 Å². The first-order valence-corrected chi connectivity index (χ1v) is 11.8. The van der Waals surface area contributed by atoms with Gasteiger partial charge in [0.1, 0.15) is 11.6 Å². The Labute approximate surface area is 192 Å². The van der Waals surface area contributed by atoms with Crippen LogP contribution in [0.3, 0.4) is 0 Å². The summed E-state index contributed by atoms with van der Waals surface area (Å²) in [5.74, 6) is 1.74. The molecular formula is C30H33FO. The van der Waals surface area contributed by atoms with E-state index in [1.54, 1.807) is 13.2 Å². The lowest BCUT2D eigenvalue weighted by atomic mass is 9.78. The molecule has 3 aromatic rings.